The summed E-state index contributed by atoms with van der Waals surface area (Å²) in [7, 11) is 7.30. The van der Waals surface area contributed by atoms with E-state index in [9.17, 15) is 4.79 Å². The van der Waals surface area contributed by atoms with E-state index in [1.165, 1.54) is 5.69 Å². The number of para-hydroxylation sites is 1. The number of ether oxygens (including phenoxy) is 1. The molecule has 2 N–H and O–H groups in total. The van der Waals surface area contributed by atoms with E-state index in [2.05, 4.69) is 53.6 Å². The van der Waals surface area contributed by atoms with Crippen LogP contribution in [0.1, 0.15) is 26.7 Å². The maximum Gasteiger partial charge on any atom is 0.243 e. The number of likely N-dealkylation sites (N-methyl/N-ethyl adjacent to an activating group) is 1. The number of carbonyl (C=O) groups is 1. The lowest BCUT2D eigenvalue weighted by Crippen LogP contribution is -2.43. The van der Waals surface area contributed by atoms with Gasteiger partial charge < -0.3 is 25.2 Å². The van der Waals surface area contributed by atoms with Crippen molar-refractivity contribution < 1.29 is 9.53 Å². The highest BCUT2D eigenvalue weighted by Gasteiger charge is 2.18. The number of anilines is 1. The maximum absolute atomic E-state index is 11.9. The first-order valence-corrected chi connectivity index (χ1v) is 10.2. The number of methoxy groups -OCH3 is 1. The van der Waals surface area contributed by atoms with Gasteiger partial charge in [0.25, 0.3) is 0 Å². The van der Waals surface area contributed by atoms with E-state index >= 15 is 0 Å². The minimum absolute atomic E-state index is 0. The van der Waals surface area contributed by atoms with Crippen molar-refractivity contribution in [2.45, 2.75) is 26.7 Å². The van der Waals surface area contributed by atoms with Gasteiger partial charge in [-0.2, -0.15) is 0 Å². The van der Waals surface area contributed by atoms with E-state index in [0.717, 1.165) is 39.1 Å². The molecule has 172 valence electrons. The molecule has 7 nitrogen and oxygen atoms in total. The molecule has 0 atom stereocenters. The van der Waals surface area contributed by atoms with Crippen LogP contribution in [0.15, 0.2) is 35.3 Å². The topological polar surface area (TPSA) is 69.2 Å². The standard InChI is InChI=1S/C22H39N5O2.HI/c1-22(2,13-16-29-6)18-25-21(24-17-20(28)26(3)4)23-14-10-15-27(5)19-11-8-7-9-12-19;/h7-9,11-12H,10,13-18H2,1-6H3,(H2,23,24,25);1H. The van der Waals surface area contributed by atoms with Crippen LogP contribution in [0.2, 0.25) is 0 Å². The fourth-order valence-electron chi connectivity index (χ4n) is 2.59. The number of aliphatic imine (C=N–C) groups is 1. The van der Waals surface area contributed by atoms with Crippen LogP contribution in [-0.2, 0) is 9.53 Å². The van der Waals surface area contributed by atoms with Crippen molar-refractivity contribution in [3.05, 3.63) is 30.3 Å². The molecule has 0 aliphatic rings. The van der Waals surface area contributed by atoms with Crippen LogP contribution in [0.25, 0.3) is 0 Å². The Kier molecular flexibility index (Phi) is 14.5. The van der Waals surface area contributed by atoms with Crippen molar-refractivity contribution >= 4 is 41.5 Å². The van der Waals surface area contributed by atoms with Crippen molar-refractivity contribution in [1.82, 2.24) is 15.5 Å². The van der Waals surface area contributed by atoms with Gasteiger partial charge in [0, 0.05) is 60.2 Å². The molecule has 0 fully saturated rings. The number of benzene rings is 1. The van der Waals surface area contributed by atoms with Crippen LogP contribution in [0, 0.1) is 5.41 Å². The highest BCUT2D eigenvalue weighted by Crippen LogP contribution is 2.18. The first-order valence-electron chi connectivity index (χ1n) is 10.2. The van der Waals surface area contributed by atoms with E-state index < -0.39 is 0 Å². The third-order valence-electron chi connectivity index (χ3n) is 4.75. The van der Waals surface area contributed by atoms with Crippen LogP contribution in [0.4, 0.5) is 5.69 Å². The lowest BCUT2D eigenvalue weighted by Gasteiger charge is -2.26. The molecule has 0 unspecified atom stereocenters. The van der Waals surface area contributed by atoms with Gasteiger partial charge in [-0.15, -0.1) is 24.0 Å². The average molecular weight is 533 g/mol. The predicted molar refractivity (Wildman–Crippen MR) is 137 cm³/mol. The van der Waals surface area contributed by atoms with Gasteiger partial charge in [-0.3, -0.25) is 4.79 Å². The molecule has 0 heterocycles. The first-order chi connectivity index (χ1) is 13.7. The van der Waals surface area contributed by atoms with Crippen molar-refractivity contribution in [2.24, 2.45) is 10.4 Å². The van der Waals surface area contributed by atoms with Crippen LogP contribution in [-0.4, -0.2) is 77.8 Å². The molecule has 1 aromatic rings. The Morgan fingerprint density at radius 2 is 1.80 bits per heavy atom. The van der Waals surface area contributed by atoms with E-state index in [4.69, 9.17) is 4.74 Å². The van der Waals surface area contributed by atoms with Gasteiger partial charge in [0.2, 0.25) is 5.91 Å². The number of carbonyl (C=O) groups excluding carboxylic acids is 1. The predicted octanol–water partition coefficient (Wildman–Crippen LogP) is 2.82. The number of nitrogens with one attached hydrogen (secondary N) is 2. The van der Waals surface area contributed by atoms with Crippen molar-refractivity contribution in [3.8, 4) is 0 Å². The second-order valence-corrected chi connectivity index (χ2v) is 8.25. The molecular formula is C22H40IN5O2. The lowest BCUT2D eigenvalue weighted by atomic mass is 9.90. The quantitative estimate of drug-likeness (QED) is 0.187. The van der Waals surface area contributed by atoms with E-state index in [0.29, 0.717) is 5.96 Å². The summed E-state index contributed by atoms with van der Waals surface area (Å²) in [5.41, 5.74) is 1.27. The van der Waals surface area contributed by atoms with Gasteiger partial charge in [0.15, 0.2) is 5.96 Å². The van der Waals surface area contributed by atoms with Crippen LogP contribution in [0.5, 0.6) is 0 Å². The van der Waals surface area contributed by atoms with Crippen LogP contribution < -0.4 is 15.5 Å². The zero-order chi connectivity index (χ0) is 21.7. The Morgan fingerprint density at radius 1 is 1.13 bits per heavy atom. The Morgan fingerprint density at radius 3 is 2.40 bits per heavy atom. The largest absolute Gasteiger partial charge is 0.385 e. The second kappa shape index (κ2) is 15.3. The molecule has 0 saturated carbocycles. The van der Waals surface area contributed by atoms with E-state index in [-0.39, 0.29) is 41.8 Å². The van der Waals surface area contributed by atoms with Crippen molar-refractivity contribution in [3.63, 3.8) is 0 Å². The molecule has 1 aromatic carbocycles. The van der Waals surface area contributed by atoms with Crippen molar-refractivity contribution in [2.75, 3.05) is 65.9 Å². The smallest absolute Gasteiger partial charge is 0.243 e. The monoisotopic (exact) mass is 533 g/mol. The molecule has 8 heteroatoms. The van der Waals surface area contributed by atoms with Gasteiger partial charge in [0.05, 0.1) is 0 Å². The zero-order valence-corrected chi connectivity index (χ0v) is 21.7. The Bertz CT molecular complexity index is 623. The van der Waals surface area contributed by atoms with Crippen LogP contribution >= 0.6 is 24.0 Å². The summed E-state index contributed by atoms with van der Waals surface area (Å²) in [6.45, 7) is 7.69. The molecule has 0 aliphatic carbocycles. The fraction of sp³-hybridized carbons (Fsp3) is 0.636. The zero-order valence-electron chi connectivity index (χ0n) is 19.4. The second-order valence-electron chi connectivity index (χ2n) is 8.25. The van der Waals surface area contributed by atoms with E-state index in [1.54, 1.807) is 26.1 Å². The molecular weight excluding hydrogens is 493 g/mol. The number of guanidine groups is 1. The SMILES string of the molecule is COCCC(C)(C)CNC(=NCC(=O)N(C)C)NCCCN(C)c1ccccc1.I. The summed E-state index contributed by atoms with van der Waals surface area (Å²) in [6.07, 6.45) is 1.91. The highest BCUT2D eigenvalue weighted by molar-refractivity contribution is 14.0. The summed E-state index contributed by atoms with van der Waals surface area (Å²) in [5.74, 6) is 0.654. The fourth-order valence-corrected chi connectivity index (χ4v) is 2.59. The molecule has 30 heavy (non-hydrogen) atoms. The number of rotatable bonds is 12. The highest BCUT2D eigenvalue weighted by atomic mass is 127. The molecule has 1 rings (SSSR count). The third kappa shape index (κ3) is 12.2. The number of hydrogen-bond donors (Lipinski definition) is 2. The molecule has 0 bridgehead atoms. The summed E-state index contributed by atoms with van der Waals surface area (Å²) in [6, 6.07) is 10.3. The first kappa shape index (κ1) is 28.5. The average Bonchev–Trinajstić information content (AvgIpc) is 2.71. The Balaban J connectivity index is 0.00000841. The minimum Gasteiger partial charge on any atom is -0.385 e. The lowest BCUT2D eigenvalue weighted by molar-refractivity contribution is -0.127. The number of hydrogen-bond acceptors (Lipinski definition) is 4. The molecule has 1 amide bonds. The number of nitrogens with zero attached hydrogens (tertiary/aromatic N) is 3. The molecule has 0 aromatic heterocycles. The maximum atomic E-state index is 11.9. The molecule has 0 radical (unpaired) electrons. The van der Waals surface area contributed by atoms with E-state index in [1.807, 2.05) is 18.2 Å². The number of halogens is 1. The summed E-state index contributed by atoms with van der Waals surface area (Å²) < 4.78 is 5.20. The summed E-state index contributed by atoms with van der Waals surface area (Å²) in [5, 5.41) is 6.74. The molecule has 0 spiro atoms. The number of amides is 1. The summed E-state index contributed by atoms with van der Waals surface area (Å²) >= 11 is 0. The van der Waals surface area contributed by atoms with Crippen molar-refractivity contribution in [1.29, 1.82) is 0 Å². The van der Waals surface area contributed by atoms with Gasteiger partial charge in [-0.25, -0.2) is 4.99 Å². The molecule has 0 aliphatic heterocycles. The Hall–Kier alpha value is -1.55. The Labute approximate surface area is 199 Å². The van der Waals surface area contributed by atoms with Gasteiger partial charge in [-0.05, 0) is 30.4 Å². The minimum atomic E-state index is -0.0199. The summed E-state index contributed by atoms with van der Waals surface area (Å²) in [4.78, 5) is 20.2. The molecule has 0 saturated heterocycles. The normalized spacial score (nSPS) is 11.5. The van der Waals surface area contributed by atoms with Gasteiger partial charge in [0.1, 0.15) is 6.54 Å². The van der Waals surface area contributed by atoms with Crippen LogP contribution in [0.3, 0.4) is 0 Å². The van der Waals surface area contributed by atoms with Gasteiger partial charge >= 0.3 is 0 Å². The van der Waals surface area contributed by atoms with Gasteiger partial charge in [-0.1, -0.05) is 32.0 Å². The third-order valence-corrected chi connectivity index (χ3v) is 4.75.